The molecule has 0 aliphatic rings. The molecule has 0 N–H and O–H groups in total. The minimum atomic E-state index is -0.426. The highest BCUT2D eigenvalue weighted by atomic mass is 16.6. The fourth-order valence-corrected chi connectivity index (χ4v) is 1.38. The Labute approximate surface area is 94.7 Å². The summed E-state index contributed by atoms with van der Waals surface area (Å²) in [5.41, 5.74) is 1.69. The molecule has 0 fully saturated rings. The third-order valence-corrected chi connectivity index (χ3v) is 2.23. The molecule has 86 valence electrons. The number of rotatable bonds is 5. The van der Waals surface area contributed by atoms with E-state index in [1.807, 2.05) is 13.8 Å². The zero-order valence-corrected chi connectivity index (χ0v) is 9.53. The number of aryl methyl sites for hydroxylation is 1. The van der Waals surface area contributed by atoms with E-state index in [0.717, 1.165) is 17.5 Å². The molecule has 0 amide bonds. The van der Waals surface area contributed by atoms with Crippen LogP contribution >= 0.6 is 0 Å². The van der Waals surface area contributed by atoms with Crippen LogP contribution in [0.5, 0.6) is 5.75 Å². The second-order valence-electron chi connectivity index (χ2n) is 3.49. The maximum absolute atomic E-state index is 10.8. The molecule has 1 aromatic carbocycles. The van der Waals surface area contributed by atoms with E-state index in [-0.39, 0.29) is 5.69 Å². The molecule has 1 rings (SSSR count). The molecule has 0 spiro atoms. The number of benzene rings is 1. The van der Waals surface area contributed by atoms with Gasteiger partial charge < -0.3 is 4.74 Å². The summed E-state index contributed by atoms with van der Waals surface area (Å²) >= 11 is 0. The SMILES string of the molecule is C=Cc1cc(OCCC)c([N+](=O)[O-])cc1C. The Balaban J connectivity index is 3.19. The minimum absolute atomic E-state index is 0.0107. The maximum atomic E-state index is 10.8. The predicted octanol–water partition coefficient (Wildman–Crippen LogP) is 3.34. The van der Waals surface area contributed by atoms with Gasteiger partial charge in [0, 0.05) is 6.07 Å². The van der Waals surface area contributed by atoms with E-state index in [4.69, 9.17) is 4.74 Å². The molecule has 16 heavy (non-hydrogen) atoms. The van der Waals surface area contributed by atoms with Gasteiger partial charge in [0.15, 0.2) is 5.75 Å². The van der Waals surface area contributed by atoms with Gasteiger partial charge in [0.25, 0.3) is 0 Å². The first-order valence-corrected chi connectivity index (χ1v) is 5.14. The van der Waals surface area contributed by atoms with E-state index < -0.39 is 4.92 Å². The number of nitro benzene ring substituents is 1. The monoisotopic (exact) mass is 221 g/mol. The average molecular weight is 221 g/mol. The Bertz CT molecular complexity index is 413. The number of nitro groups is 1. The lowest BCUT2D eigenvalue weighted by Crippen LogP contribution is -2.00. The zero-order chi connectivity index (χ0) is 12.1. The summed E-state index contributed by atoms with van der Waals surface area (Å²) in [6, 6.07) is 3.18. The average Bonchev–Trinajstić information content (AvgIpc) is 2.26. The lowest BCUT2D eigenvalue weighted by Gasteiger charge is -2.08. The summed E-state index contributed by atoms with van der Waals surface area (Å²) in [5, 5.41) is 10.8. The molecule has 0 atom stereocenters. The Morgan fingerprint density at radius 2 is 2.25 bits per heavy atom. The molecule has 4 nitrogen and oxygen atoms in total. The lowest BCUT2D eigenvalue weighted by atomic mass is 10.1. The molecule has 0 radical (unpaired) electrons. The molecule has 0 aromatic heterocycles. The number of nitrogens with zero attached hydrogens (tertiary/aromatic N) is 1. The zero-order valence-electron chi connectivity index (χ0n) is 9.53. The van der Waals surface area contributed by atoms with Crippen LogP contribution in [0.1, 0.15) is 24.5 Å². The summed E-state index contributed by atoms with van der Waals surface area (Å²) in [6.45, 7) is 7.90. The highest BCUT2D eigenvalue weighted by molar-refractivity contribution is 5.61. The van der Waals surface area contributed by atoms with Gasteiger partial charge in [-0.25, -0.2) is 0 Å². The van der Waals surface area contributed by atoms with Gasteiger partial charge in [-0.3, -0.25) is 10.1 Å². The van der Waals surface area contributed by atoms with Crippen molar-refractivity contribution < 1.29 is 9.66 Å². The standard InChI is InChI=1S/C12H15NO3/c1-4-6-16-12-8-10(5-2)9(3)7-11(12)13(14)15/h5,7-8H,2,4,6H2,1,3H3. The van der Waals surface area contributed by atoms with Gasteiger partial charge in [-0.2, -0.15) is 0 Å². The van der Waals surface area contributed by atoms with Crippen molar-refractivity contribution in [3.63, 3.8) is 0 Å². The van der Waals surface area contributed by atoms with E-state index in [0.29, 0.717) is 12.4 Å². The molecule has 0 aliphatic carbocycles. The van der Waals surface area contributed by atoms with Crippen LogP contribution in [0.25, 0.3) is 6.08 Å². The van der Waals surface area contributed by atoms with Crippen LogP contribution in [0.4, 0.5) is 5.69 Å². The smallest absolute Gasteiger partial charge is 0.311 e. The summed E-state index contributed by atoms with van der Waals surface area (Å²) in [6.07, 6.45) is 2.48. The van der Waals surface area contributed by atoms with Crippen LogP contribution in [0.2, 0.25) is 0 Å². The first-order chi connectivity index (χ1) is 7.60. The van der Waals surface area contributed by atoms with Crippen LogP contribution in [-0.2, 0) is 0 Å². The van der Waals surface area contributed by atoms with Crippen LogP contribution in [0, 0.1) is 17.0 Å². The molecule has 0 unspecified atom stereocenters. The number of ether oxygens (including phenoxy) is 1. The Kier molecular flexibility index (Phi) is 4.05. The van der Waals surface area contributed by atoms with Crippen LogP contribution < -0.4 is 4.74 Å². The fourth-order valence-electron chi connectivity index (χ4n) is 1.38. The summed E-state index contributed by atoms with van der Waals surface area (Å²) < 4.78 is 5.36. The molecule has 1 aromatic rings. The molecular weight excluding hydrogens is 206 g/mol. The van der Waals surface area contributed by atoms with Gasteiger partial charge in [0.1, 0.15) is 0 Å². The van der Waals surface area contributed by atoms with Crippen molar-refractivity contribution in [2.45, 2.75) is 20.3 Å². The third kappa shape index (κ3) is 2.59. The van der Waals surface area contributed by atoms with E-state index in [1.54, 1.807) is 12.1 Å². The van der Waals surface area contributed by atoms with Crippen LogP contribution in [0.3, 0.4) is 0 Å². The first kappa shape index (κ1) is 12.2. The highest BCUT2D eigenvalue weighted by Gasteiger charge is 2.16. The molecule has 0 aliphatic heterocycles. The summed E-state index contributed by atoms with van der Waals surface area (Å²) in [5.74, 6) is 0.312. The van der Waals surface area contributed by atoms with Gasteiger partial charge in [-0.15, -0.1) is 0 Å². The second-order valence-corrected chi connectivity index (χ2v) is 3.49. The fraction of sp³-hybridized carbons (Fsp3) is 0.333. The Morgan fingerprint density at radius 3 is 2.75 bits per heavy atom. The molecular formula is C12H15NO3. The summed E-state index contributed by atoms with van der Waals surface area (Å²) in [7, 11) is 0. The van der Waals surface area contributed by atoms with Crippen molar-refractivity contribution in [2.24, 2.45) is 0 Å². The molecule has 0 saturated heterocycles. The van der Waals surface area contributed by atoms with Crippen molar-refractivity contribution in [2.75, 3.05) is 6.61 Å². The molecule has 4 heteroatoms. The topological polar surface area (TPSA) is 52.4 Å². The van der Waals surface area contributed by atoms with Crippen LogP contribution in [-0.4, -0.2) is 11.5 Å². The lowest BCUT2D eigenvalue weighted by molar-refractivity contribution is -0.385. The van der Waals surface area contributed by atoms with Crippen molar-refractivity contribution in [1.29, 1.82) is 0 Å². The normalized spacial score (nSPS) is 9.88. The minimum Gasteiger partial charge on any atom is -0.487 e. The van der Waals surface area contributed by atoms with Crippen LogP contribution in [0.15, 0.2) is 18.7 Å². The third-order valence-electron chi connectivity index (χ3n) is 2.23. The van der Waals surface area contributed by atoms with Gasteiger partial charge in [-0.1, -0.05) is 19.6 Å². The van der Waals surface area contributed by atoms with Crippen molar-refractivity contribution in [1.82, 2.24) is 0 Å². The van der Waals surface area contributed by atoms with Crippen molar-refractivity contribution in [3.8, 4) is 5.75 Å². The van der Waals surface area contributed by atoms with E-state index in [1.165, 1.54) is 6.07 Å². The van der Waals surface area contributed by atoms with Crippen molar-refractivity contribution >= 4 is 11.8 Å². The Hall–Kier alpha value is -1.84. The van der Waals surface area contributed by atoms with Gasteiger partial charge in [-0.05, 0) is 30.5 Å². The summed E-state index contributed by atoms with van der Waals surface area (Å²) in [4.78, 5) is 10.4. The van der Waals surface area contributed by atoms with E-state index >= 15 is 0 Å². The predicted molar refractivity (Wildman–Crippen MR) is 63.7 cm³/mol. The quantitative estimate of drug-likeness (QED) is 0.566. The molecule has 0 heterocycles. The first-order valence-electron chi connectivity index (χ1n) is 5.14. The number of hydrogen-bond donors (Lipinski definition) is 0. The largest absolute Gasteiger partial charge is 0.487 e. The van der Waals surface area contributed by atoms with Gasteiger partial charge in [0.05, 0.1) is 11.5 Å². The highest BCUT2D eigenvalue weighted by Crippen LogP contribution is 2.30. The van der Waals surface area contributed by atoms with E-state index in [2.05, 4.69) is 6.58 Å². The van der Waals surface area contributed by atoms with Gasteiger partial charge in [0.2, 0.25) is 0 Å². The Morgan fingerprint density at radius 1 is 1.56 bits per heavy atom. The number of hydrogen-bond acceptors (Lipinski definition) is 3. The maximum Gasteiger partial charge on any atom is 0.311 e. The molecule has 0 saturated carbocycles. The van der Waals surface area contributed by atoms with E-state index in [9.17, 15) is 10.1 Å². The van der Waals surface area contributed by atoms with Gasteiger partial charge >= 0.3 is 5.69 Å². The molecule has 0 bridgehead atoms. The van der Waals surface area contributed by atoms with Crippen molar-refractivity contribution in [3.05, 3.63) is 40.0 Å². The second kappa shape index (κ2) is 5.30.